The number of anilines is 1. The number of nitrogens with one attached hydrogen (secondary N) is 2. The van der Waals surface area contributed by atoms with Crippen molar-refractivity contribution in [3.8, 4) is 5.75 Å². The maximum Gasteiger partial charge on any atom is 0.325 e. The van der Waals surface area contributed by atoms with Crippen LogP contribution in [0.2, 0.25) is 10.0 Å². The molecule has 1 saturated heterocycles. The Bertz CT molecular complexity index is 997. The maximum atomic E-state index is 13.1. The lowest BCUT2D eigenvalue weighted by atomic mass is 9.84. The molecule has 2 aromatic carbocycles. The molecule has 144 valence electrons. The molecule has 7 nitrogen and oxygen atoms in total. The lowest BCUT2D eigenvalue weighted by Gasteiger charge is -2.33. The standard InChI is InChI=1S/C19H15Cl2N3O4/c20-11-5-6-13(21)14(9-11)22-16(25)10-24-17(26)19(23-18(24)27)7-8-28-15-4-2-1-3-12(15)19/h1-6,9H,7-8,10H2,(H,22,25)(H,23,27)/t19-/m0/s1. The van der Waals surface area contributed by atoms with E-state index in [-0.39, 0.29) is 13.0 Å². The second kappa shape index (κ2) is 7.00. The second-order valence-corrected chi connectivity index (χ2v) is 7.34. The Morgan fingerprint density at radius 3 is 2.82 bits per heavy atom. The van der Waals surface area contributed by atoms with Crippen molar-refractivity contribution in [2.45, 2.75) is 12.0 Å². The molecule has 1 spiro atoms. The Balaban J connectivity index is 1.56. The maximum absolute atomic E-state index is 13.1. The number of fused-ring (bicyclic) bond motifs is 2. The fourth-order valence-electron chi connectivity index (χ4n) is 3.44. The fourth-order valence-corrected chi connectivity index (χ4v) is 3.78. The van der Waals surface area contributed by atoms with Gasteiger partial charge >= 0.3 is 6.03 Å². The van der Waals surface area contributed by atoms with Crippen LogP contribution in [0.5, 0.6) is 5.75 Å². The molecule has 0 saturated carbocycles. The van der Waals surface area contributed by atoms with Gasteiger partial charge in [0.05, 0.1) is 17.3 Å². The largest absolute Gasteiger partial charge is 0.493 e. The first-order valence-corrected chi connectivity index (χ1v) is 9.27. The van der Waals surface area contributed by atoms with Crippen molar-refractivity contribution in [2.75, 3.05) is 18.5 Å². The van der Waals surface area contributed by atoms with Gasteiger partial charge in [0, 0.05) is 17.0 Å². The van der Waals surface area contributed by atoms with Crippen LogP contribution >= 0.6 is 23.2 Å². The molecule has 9 heteroatoms. The summed E-state index contributed by atoms with van der Waals surface area (Å²) in [6, 6.07) is 11.0. The summed E-state index contributed by atoms with van der Waals surface area (Å²) in [7, 11) is 0. The molecular formula is C19H15Cl2N3O4. The van der Waals surface area contributed by atoms with Gasteiger partial charge in [-0.2, -0.15) is 0 Å². The predicted molar refractivity (Wildman–Crippen MR) is 104 cm³/mol. The van der Waals surface area contributed by atoms with Crippen LogP contribution < -0.4 is 15.4 Å². The van der Waals surface area contributed by atoms with Gasteiger partial charge in [-0.15, -0.1) is 0 Å². The van der Waals surface area contributed by atoms with Gasteiger partial charge in [0.1, 0.15) is 12.3 Å². The van der Waals surface area contributed by atoms with Gasteiger partial charge in [-0.3, -0.25) is 14.5 Å². The Kier molecular flexibility index (Phi) is 4.64. The summed E-state index contributed by atoms with van der Waals surface area (Å²) in [5.74, 6) is -0.509. The van der Waals surface area contributed by atoms with Crippen LogP contribution in [0.1, 0.15) is 12.0 Å². The van der Waals surface area contributed by atoms with E-state index in [1.54, 1.807) is 36.4 Å². The summed E-state index contributed by atoms with van der Waals surface area (Å²) in [5.41, 5.74) is -0.336. The van der Waals surface area contributed by atoms with Crippen LogP contribution in [0.4, 0.5) is 10.5 Å². The lowest BCUT2D eigenvalue weighted by molar-refractivity contribution is -0.135. The molecule has 0 unspecified atom stereocenters. The number of carbonyl (C=O) groups excluding carboxylic acids is 3. The van der Waals surface area contributed by atoms with Crippen molar-refractivity contribution in [3.05, 3.63) is 58.1 Å². The normalized spacial score (nSPS) is 20.6. The first-order chi connectivity index (χ1) is 13.4. The molecule has 0 aromatic heterocycles. The number of ether oxygens (including phenoxy) is 1. The first kappa shape index (κ1) is 18.6. The number of hydrogen-bond donors (Lipinski definition) is 2. The summed E-state index contributed by atoms with van der Waals surface area (Å²) in [5, 5.41) is 6.01. The molecule has 4 rings (SSSR count). The van der Waals surface area contributed by atoms with Crippen LogP contribution in [0.3, 0.4) is 0 Å². The highest BCUT2D eigenvalue weighted by Crippen LogP contribution is 2.40. The molecule has 1 fully saturated rings. The predicted octanol–water partition coefficient (Wildman–Crippen LogP) is 3.16. The number of urea groups is 1. The molecule has 2 aliphatic rings. The van der Waals surface area contributed by atoms with Crippen molar-refractivity contribution in [1.82, 2.24) is 10.2 Å². The van der Waals surface area contributed by atoms with E-state index in [1.807, 2.05) is 0 Å². The molecule has 1 atom stereocenters. The average Bonchev–Trinajstić information content (AvgIpc) is 2.90. The van der Waals surface area contributed by atoms with Gasteiger partial charge in [-0.25, -0.2) is 4.79 Å². The van der Waals surface area contributed by atoms with Crippen molar-refractivity contribution < 1.29 is 19.1 Å². The second-order valence-electron chi connectivity index (χ2n) is 6.49. The quantitative estimate of drug-likeness (QED) is 0.747. The van der Waals surface area contributed by atoms with E-state index in [9.17, 15) is 14.4 Å². The molecule has 2 aromatic rings. The van der Waals surface area contributed by atoms with Gasteiger partial charge in [0.25, 0.3) is 5.91 Å². The minimum atomic E-state index is -1.22. The monoisotopic (exact) mass is 419 g/mol. The van der Waals surface area contributed by atoms with Gasteiger partial charge in [-0.1, -0.05) is 41.4 Å². The van der Waals surface area contributed by atoms with E-state index in [4.69, 9.17) is 27.9 Å². The fraction of sp³-hybridized carbons (Fsp3) is 0.211. The van der Waals surface area contributed by atoms with Gasteiger partial charge < -0.3 is 15.4 Å². The molecule has 0 aliphatic carbocycles. The number of rotatable bonds is 3. The van der Waals surface area contributed by atoms with Crippen LogP contribution in [0.15, 0.2) is 42.5 Å². The van der Waals surface area contributed by atoms with E-state index in [2.05, 4.69) is 10.6 Å². The Morgan fingerprint density at radius 2 is 2.00 bits per heavy atom. The van der Waals surface area contributed by atoms with Crippen molar-refractivity contribution in [1.29, 1.82) is 0 Å². The summed E-state index contributed by atoms with van der Waals surface area (Å²) >= 11 is 12.0. The zero-order valence-corrected chi connectivity index (χ0v) is 16.0. The number of nitrogens with zero attached hydrogens (tertiary/aromatic N) is 1. The SMILES string of the molecule is O=C(CN1C(=O)N[C@]2(CCOc3ccccc32)C1=O)Nc1cc(Cl)ccc1Cl. The third kappa shape index (κ3) is 3.06. The van der Waals surface area contributed by atoms with Crippen LogP contribution in [-0.2, 0) is 15.1 Å². The van der Waals surface area contributed by atoms with Crippen LogP contribution in [0, 0.1) is 0 Å². The number of benzene rings is 2. The van der Waals surface area contributed by atoms with Crippen molar-refractivity contribution in [3.63, 3.8) is 0 Å². The topological polar surface area (TPSA) is 87.7 Å². The number of imide groups is 1. The van der Waals surface area contributed by atoms with E-state index < -0.39 is 29.9 Å². The summed E-state index contributed by atoms with van der Waals surface area (Å²) < 4.78 is 5.58. The van der Waals surface area contributed by atoms with E-state index in [0.717, 1.165) is 4.90 Å². The zero-order valence-electron chi connectivity index (χ0n) is 14.5. The molecule has 28 heavy (non-hydrogen) atoms. The summed E-state index contributed by atoms with van der Waals surface area (Å²) in [4.78, 5) is 39.0. The third-order valence-corrected chi connectivity index (χ3v) is 5.33. The van der Waals surface area contributed by atoms with Crippen molar-refractivity contribution in [2.24, 2.45) is 0 Å². The summed E-state index contributed by atoms with van der Waals surface area (Å²) in [6.07, 6.45) is 0.285. The number of para-hydroxylation sites is 1. The molecule has 4 amide bonds. The smallest absolute Gasteiger partial charge is 0.325 e. The van der Waals surface area contributed by atoms with Gasteiger partial charge in [-0.05, 0) is 24.3 Å². The Morgan fingerprint density at radius 1 is 1.21 bits per heavy atom. The zero-order chi connectivity index (χ0) is 19.9. The molecule has 2 aliphatic heterocycles. The molecule has 0 radical (unpaired) electrons. The number of amides is 4. The average molecular weight is 420 g/mol. The van der Waals surface area contributed by atoms with Crippen LogP contribution in [0.25, 0.3) is 0 Å². The molecule has 0 bridgehead atoms. The van der Waals surface area contributed by atoms with E-state index in [1.165, 1.54) is 6.07 Å². The molecule has 2 N–H and O–H groups in total. The van der Waals surface area contributed by atoms with E-state index >= 15 is 0 Å². The van der Waals surface area contributed by atoms with Crippen molar-refractivity contribution >= 4 is 46.7 Å². The first-order valence-electron chi connectivity index (χ1n) is 8.52. The molecular weight excluding hydrogens is 405 g/mol. The number of hydrogen-bond acceptors (Lipinski definition) is 4. The number of carbonyl (C=O) groups is 3. The Hall–Kier alpha value is -2.77. The van der Waals surface area contributed by atoms with E-state index in [0.29, 0.717) is 27.0 Å². The lowest BCUT2D eigenvalue weighted by Crippen LogP contribution is -2.48. The Labute approximate surface area is 170 Å². The highest BCUT2D eigenvalue weighted by Gasteiger charge is 2.55. The van der Waals surface area contributed by atoms with Crippen LogP contribution in [-0.4, -0.2) is 35.9 Å². The third-order valence-electron chi connectivity index (χ3n) is 4.76. The van der Waals surface area contributed by atoms with Gasteiger partial charge in [0.2, 0.25) is 5.91 Å². The highest BCUT2D eigenvalue weighted by molar-refractivity contribution is 6.35. The number of halogens is 2. The summed E-state index contributed by atoms with van der Waals surface area (Å²) in [6.45, 7) is -0.167. The van der Waals surface area contributed by atoms with Gasteiger partial charge in [0.15, 0.2) is 5.54 Å². The minimum absolute atomic E-state index is 0.279. The highest BCUT2D eigenvalue weighted by atomic mass is 35.5. The minimum Gasteiger partial charge on any atom is -0.493 e. The molecule has 2 heterocycles.